The Labute approximate surface area is 116 Å². The molecule has 19 heavy (non-hydrogen) atoms. The van der Waals surface area contributed by atoms with Crippen molar-refractivity contribution in [2.45, 2.75) is 58.3 Å². The van der Waals surface area contributed by atoms with Gasteiger partial charge in [0.1, 0.15) is 5.75 Å². The predicted octanol–water partition coefficient (Wildman–Crippen LogP) is 4.00. The molecule has 1 aromatic carbocycles. The third-order valence-corrected chi connectivity index (χ3v) is 3.49. The van der Waals surface area contributed by atoms with E-state index in [1.54, 1.807) is 0 Å². The van der Waals surface area contributed by atoms with E-state index < -0.39 is 0 Å². The third kappa shape index (κ3) is 4.22. The van der Waals surface area contributed by atoms with Crippen LogP contribution < -0.4 is 4.74 Å². The Kier molecular flexibility index (Phi) is 5.67. The van der Waals surface area contributed by atoms with Gasteiger partial charge in [-0.05, 0) is 25.0 Å². The number of rotatable bonds is 7. The van der Waals surface area contributed by atoms with Gasteiger partial charge < -0.3 is 4.74 Å². The molecule has 2 unspecified atom stereocenters. The summed E-state index contributed by atoms with van der Waals surface area (Å²) in [6.45, 7) is 5.45. The minimum absolute atomic E-state index is 0.129. The standard InChI is InChI=1S/C16H25NO2/c1-3-5-12-17-14(9-4-2)13-16(19-17)18-15-10-7-6-8-11-15/h6-8,10-11,14,16H,3-5,9,12-13H2,1-2H3. The van der Waals surface area contributed by atoms with Gasteiger partial charge in [0.05, 0.1) is 0 Å². The Morgan fingerprint density at radius 3 is 2.68 bits per heavy atom. The second-order valence-electron chi connectivity index (χ2n) is 5.14. The lowest BCUT2D eigenvalue weighted by Gasteiger charge is -2.21. The molecule has 2 atom stereocenters. The molecule has 0 bridgehead atoms. The van der Waals surface area contributed by atoms with E-state index in [2.05, 4.69) is 18.9 Å². The summed E-state index contributed by atoms with van der Waals surface area (Å²) >= 11 is 0. The van der Waals surface area contributed by atoms with Gasteiger partial charge in [-0.2, -0.15) is 5.06 Å². The zero-order valence-corrected chi connectivity index (χ0v) is 12.0. The van der Waals surface area contributed by atoms with Crippen LogP contribution in [0.15, 0.2) is 30.3 Å². The molecule has 0 aliphatic carbocycles. The molecule has 1 fully saturated rings. The Morgan fingerprint density at radius 2 is 2.00 bits per heavy atom. The number of nitrogens with zero attached hydrogens (tertiary/aromatic N) is 1. The van der Waals surface area contributed by atoms with Gasteiger partial charge in [-0.15, -0.1) is 0 Å². The van der Waals surface area contributed by atoms with E-state index in [1.807, 2.05) is 30.3 Å². The maximum absolute atomic E-state index is 5.94. The van der Waals surface area contributed by atoms with Crippen molar-refractivity contribution < 1.29 is 9.57 Å². The lowest BCUT2D eigenvalue weighted by atomic mass is 10.1. The number of ether oxygens (including phenoxy) is 1. The highest BCUT2D eigenvalue weighted by Crippen LogP contribution is 2.27. The first-order valence-electron chi connectivity index (χ1n) is 7.48. The highest BCUT2D eigenvalue weighted by Gasteiger charge is 2.33. The topological polar surface area (TPSA) is 21.7 Å². The van der Waals surface area contributed by atoms with Gasteiger partial charge in [-0.3, -0.25) is 4.84 Å². The molecule has 0 amide bonds. The molecule has 1 saturated heterocycles. The third-order valence-electron chi connectivity index (χ3n) is 3.49. The summed E-state index contributed by atoms with van der Waals surface area (Å²) < 4.78 is 5.90. The first-order valence-corrected chi connectivity index (χ1v) is 7.48. The molecule has 0 saturated carbocycles. The van der Waals surface area contributed by atoms with Crippen molar-refractivity contribution in [3.63, 3.8) is 0 Å². The van der Waals surface area contributed by atoms with Gasteiger partial charge in [-0.25, -0.2) is 0 Å². The Balaban J connectivity index is 1.89. The van der Waals surface area contributed by atoms with Crippen LogP contribution in [-0.4, -0.2) is 23.9 Å². The molecule has 106 valence electrons. The summed E-state index contributed by atoms with van der Waals surface area (Å²) in [5.41, 5.74) is 0. The normalized spacial score (nSPS) is 23.7. The van der Waals surface area contributed by atoms with Crippen LogP contribution in [0.2, 0.25) is 0 Å². The minimum atomic E-state index is -0.129. The van der Waals surface area contributed by atoms with Crippen LogP contribution in [0.3, 0.4) is 0 Å². The van der Waals surface area contributed by atoms with Crippen LogP contribution in [0.25, 0.3) is 0 Å². The maximum atomic E-state index is 5.94. The summed E-state index contributed by atoms with van der Waals surface area (Å²) in [5.74, 6) is 0.889. The van der Waals surface area contributed by atoms with E-state index in [0.717, 1.165) is 18.7 Å². The summed E-state index contributed by atoms with van der Waals surface area (Å²) in [6, 6.07) is 10.4. The Bertz CT molecular complexity index is 355. The van der Waals surface area contributed by atoms with E-state index >= 15 is 0 Å². The molecule has 0 radical (unpaired) electrons. The molecule has 0 aromatic heterocycles. The molecule has 1 aliphatic heterocycles. The largest absolute Gasteiger partial charge is 0.463 e. The van der Waals surface area contributed by atoms with Crippen LogP contribution in [-0.2, 0) is 4.84 Å². The summed E-state index contributed by atoms with van der Waals surface area (Å²) in [4.78, 5) is 5.94. The predicted molar refractivity (Wildman–Crippen MR) is 76.9 cm³/mol. The van der Waals surface area contributed by atoms with Crippen molar-refractivity contribution >= 4 is 0 Å². The number of hydroxylamine groups is 2. The number of hydrogen-bond donors (Lipinski definition) is 0. The van der Waals surface area contributed by atoms with Crippen molar-refractivity contribution in [1.29, 1.82) is 0 Å². The summed E-state index contributed by atoms with van der Waals surface area (Å²) in [5, 5.41) is 2.14. The average molecular weight is 263 g/mol. The fraction of sp³-hybridized carbons (Fsp3) is 0.625. The van der Waals surface area contributed by atoms with Crippen LogP contribution >= 0.6 is 0 Å². The van der Waals surface area contributed by atoms with Gasteiger partial charge in [0.25, 0.3) is 0 Å². The monoisotopic (exact) mass is 263 g/mol. The molecule has 0 N–H and O–H groups in total. The summed E-state index contributed by atoms with van der Waals surface area (Å²) in [6.07, 6.45) is 5.58. The fourth-order valence-corrected chi connectivity index (χ4v) is 2.48. The second-order valence-corrected chi connectivity index (χ2v) is 5.14. The van der Waals surface area contributed by atoms with Crippen molar-refractivity contribution in [3.05, 3.63) is 30.3 Å². The highest BCUT2D eigenvalue weighted by molar-refractivity contribution is 5.21. The van der Waals surface area contributed by atoms with Gasteiger partial charge >= 0.3 is 0 Å². The quantitative estimate of drug-likeness (QED) is 0.742. The van der Waals surface area contributed by atoms with E-state index in [1.165, 1.54) is 25.7 Å². The van der Waals surface area contributed by atoms with E-state index in [0.29, 0.717) is 6.04 Å². The van der Waals surface area contributed by atoms with Gasteiger partial charge in [0.15, 0.2) is 0 Å². The molecule has 3 nitrogen and oxygen atoms in total. The number of benzene rings is 1. The second kappa shape index (κ2) is 7.51. The Morgan fingerprint density at radius 1 is 1.21 bits per heavy atom. The summed E-state index contributed by atoms with van der Waals surface area (Å²) in [7, 11) is 0. The average Bonchev–Trinajstić information content (AvgIpc) is 2.80. The molecule has 2 rings (SSSR count). The number of para-hydroxylation sites is 1. The minimum Gasteiger partial charge on any atom is -0.463 e. The van der Waals surface area contributed by atoms with Gasteiger partial charge in [0, 0.05) is 19.0 Å². The molecule has 1 aliphatic rings. The Hall–Kier alpha value is -1.06. The van der Waals surface area contributed by atoms with Crippen molar-refractivity contribution in [2.75, 3.05) is 6.54 Å². The van der Waals surface area contributed by atoms with Crippen molar-refractivity contribution in [3.8, 4) is 5.75 Å². The highest BCUT2D eigenvalue weighted by atomic mass is 16.8. The van der Waals surface area contributed by atoms with Crippen LogP contribution in [0.1, 0.15) is 46.0 Å². The zero-order chi connectivity index (χ0) is 13.5. The van der Waals surface area contributed by atoms with Crippen LogP contribution in [0.4, 0.5) is 0 Å². The first-order chi connectivity index (χ1) is 9.33. The van der Waals surface area contributed by atoms with Crippen molar-refractivity contribution in [2.24, 2.45) is 0 Å². The molecule has 3 heteroatoms. The smallest absolute Gasteiger partial charge is 0.219 e. The fourth-order valence-electron chi connectivity index (χ4n) is 2.48. The van der Waals surface area contributed by atoms with Crippen LogP contribution in [0.5, 0.6) is 5.75 Å². The number of unbranched alkanes of at least 4 members (excludes halogenated alkanes) is 1. The lowest BCUT2D eigenvalue weighted by Crippen LogP contribution is -2.29. The maximum Gasteiger partial charge on any atom is 0.219 e. The van der Waals surface area contributed by atoms with Gasteiger partial charge in [0.2, 0.25) is 6.29 Å². The van der Waals surface area contributed by atoms with E-state index in [9.17, 15) is 0 Å². The molecular weight excluding hydrogens is 238 g/mol. The molecule has 1 aromatic rings. The zero-order valence-electron chi connectivity index (χ0n) is 12.0. The number of hydrogen-bond acceptors (Lipinski definition) is 3. The van der Waals surface area contributed by atoms with Crippen molar-refractivity contribution in [1.82, 2.24) is 5.06 Å². The first kappa shape index (κ1) is 14.4. The van der Waals surface area contributed by atoms with Crippen LogP contribution in [0, 0.1) is 0 Å². The van der Waals surface area contributed by atoms with Gasteiger partial charge in [-0.1, -0.05) is 44.9 Å². The van der Waals surface area contributed by atoms with E-state index in [-0.39, 0.29) is 6.29 Å². The lowest BCUT2D eigenvalue weighted by molar-refractivity contribution is -0.212. The molecule has 0 spiro atoms. The SMILES string of the molecule is CCCCN1OC(Oc2ccccc2)CC1CCC. The molecule has 1 heterocycles. The van der Waals surface area contributed by atoms with E-state index in [4.69, 9.17) is 9.57 Å². The molecular formula is C16H25NO2.